The lowest BCUT2D eigenvalue weighted by molar-refractivity contribution is 0.0695. The minimum absolute atomic E-state index is 0.413. The molecule has 1 aromatic carbocycles. The van der Waals surface area contributed by atoms with Gasteiger partial charge in [0.15, 0.2) is 0 Å². The van der Waals surface area contributed by atoms with Crippen molar-refractivity contribution >= 4 is 17.0 Å². The number of aromatic amines is 2. The average Bonchev–Trinajstić information content (AvgIpc) is 3.49. The molecule has 0 aliphatic carbocycles. The van der Waals surface area contributed by atoms with Crippen LogP contribution >= 0.6 is 0 Å². The third kappa shape index (κ3) is 3.91. The fraction of sp³-hybridized carbons (Fsp3) is 0.320. The normalized spacial score (nSPS) is 15.4. The highest BCUT2D eigenvalue weighted by Crippen LogP contribution is 2.32. The number of likely N-dealkylation sites (tertiary alicyclic amines) is 1. The van der Waals surface area contributed by atoms with Crippen molar-refractivity contribution in [2.45, 2.75) is 38.6 Å². The summed E-state index contributed by atoms with van der Waals surface area (Å²) in [5, 5.41) is 18.3. The number of rotatable bonds is 6. The molecule has 0 unspecified atom stereocenters. The molecule has 1 aliphatic rings. The summed E-state index contributed by atoms with van der Waals surface area (Å²) in [4.78, 5) is 21.3. The molecule has 164 valence electrons. The van der Waals surface area contributed by atoms with Crippen LogP contribution in [0.4, 0.5) is 0 Å². The molecule has 0 atom stereocenters. The van der Waals surface area contributed by atoms with Gasteiger partial charge in [0.2, 0.25) is 0 Å². The second-order valence-corrected chi connectivity index (χ2v) is 8.51. The van der Waals surface area contributed by atoms with E-state index < -0.39 is 5.97 Å². The Kier molecular flexibility index (Phi) is 5.49. The fourth-order valence-corrected chi connectivity index (χ4v) is 4.77. The second-order valence-electron chi connectivity index (χ2n) is 8.51. The van der Waals surface area contributed by atoms with Gasteiger partial charge < -0.3 is 10.1 Å². The Morgan fingerprint density at radius 3 is 2.81 bits per heavy atom. The minimum atomic E-state index is -0.850. The van der Waals surface area contributed by atoms with Crippen LogP contribution in [0.3, 0.4) is 0 Å². The van der Waals surface area contributed by atoms with Crippen molar-refractivity contribution in [1.82, 2.24) is 25.1 Å². The van der Waals surface area contributed by atoms with Gasteiger partial charge in [-0.25, -0.2) is 9.78 Å². The van der Waals surface area contributed by atoms with Crippen LogP contribution < -0.4 is 0 Å². The predicted molar refractivity (Wildman–Crippen MR) is 124 cm³/mol. The van der Waals surface area contributed by atoms with Gasteiger partial charge in [-0.1, -0.05) is 19.1 Å². The molecule has 7 nitrogen and oxygen atoms in total. The lowest BCUT2D eigenvalue weighted by Gasteiger charge is -2.31. The van der Waals surface area contributed by atoms with E-state index in [1.54, 1.807) is 6.07 Å². The Bertz CT molecular complexity index is 1250. The minimum Gasteiger partial charge on any atom is -0.478 e. The molecule has 32 heavy (non-hydrogen) atoms. The summed E-state index contributed by atoms with van der Waals surface area (Å²) in [5.41, 5.74) is 6.62. The highest BCUT2D eigenvalue weighted by molar-refractivity contribution is 5.91. The number of H-pyrrole nitrogens is 2. The second kappa shape index (κ2) is 8.59. The number of aromatic nitrogens is 4. The molecule has 4 aromatic rings. The number of hydrogen-bond donors (Lipinski definition) is 3. The molecule has 0 radical (unpaired) electrons. The van der Waals surface area contributed by atoms with E-state index in [0.29, 0.717) is 11.5 Å². The Balaban J connectivity index is 1.24. The zero-order chi connectivity index (χ0) is 22.1. The molecule has 1 saturated heterocycles. The number of carbonyl (C=O) groups is 1. The third-order valence-corrected chi connectivity index (χ3v) is 6.55. The van der Waals surface area contributed by atoms with Crippen LogP contribution in [0.25, 0.3) is 22.3 Å². The zero-order valence-electron chi connectivity index (χ0n) is 18.1. The molecule has 1 fully saturated rings. The maximum atomic E-state index is 11.4. The molecule has 5 rings (SSSR count). The van der Waals surface area contributed by atoms with Crippen molar-refractivity contribution in [3.05, 3.63) is 71.2 Å². The molecule has 0 amide bonds. The SMILES string of the molecule is CCc1cc(CN2CCC(c3cc(-c4ccnc5[nH]ccc45)n[nH]3)CC2)ccc1C(=O)O. The zero-order valence-corrected chi connectivity index (χ0v) is 18.1. The van der Waals surface area contributed by atoms with E-state index in [-0.39, 0.29) is 0 Å². The van der Waals surface area contributed by atoms with Gasteiger partial charge in [0.1, 0.15) is 5.65 Å². The molecule has 3 aromatic heterocycles. The molecule has 0 saturated carbocycles. The number of carboxylic acid groups (broad SMARTS) is 1. The first-order chi connectivity index (χ1) is 15.6. The molecule has 0 bridgehead atoms. The van der Waals surface area contributed by atoms with Crippen LogP contribution in [0.2, 0.25) is 0 Å². The number of pyridine rings is 1. The Labute approximate surface area is 186 Å². The van der Waals surface area contributed by atoms with Crippen LogP contribution in [0.1, 0.15) is 52.9 Å². The van der Waals surface area contributed by atoms with E-state index in [0.717, 1.165) is 66.8 Å². The first-order valence-electron chi connectivity index (χ1n) is 11.2. The highest BCUT2D eigenvalue weighted by atomic mass is 16.4. The topological polar surface area (TPSA) is 97.9 Å². The maximum absolute atomic E-state index is 11.4. The van der Waals surface area contributed by atoms with Gasteiger partial charge in [-0.3, -0.25) is 10.00 Å². The number of aryl methyl sites for hydroxylation is 1. The lowest BCUT2D eigenvalue weighted by Crippen LogP contribution is -2.32. The molecule has 3 N–H and O–H groups in total. The summed E-state index contributed by atoms with van der Waals surface area (Å²) in [6.07, 6.45) is 6.60. The Morgan fingerprint density at radius 1 is 1.19 bits per heavy atom. The van der Waals surface area contributed by atoms with E-state index >= 15 is 0 Å². The number of fused-ring (bicyclic) bond motifs is 1. The molecular formula is C25H27N5O2. The van der Waals surface area contributed by atoms with Crippen molar-refractivity contribution in [1.29, 1.82) is 0 Å². The molecule has 0 spiro atoms. The Hall–Kier alpha value is -3.45. The number of carboxylic acids is 1. The third-order valence-electron chi connectivity index (χ3n) is 6.55. The van der Waals surface area contributed by atoms with Crippen molar-refractivity contribution < 1.29 is 9.90 Å². The quantitative estimate of drug-likeness (QED) is 0.416. The largest absolute Gasteiger partial charge is 0.478 e. The van der Waals surface area contributed by atoms with Crippen molar-refractivity contribution in [3.8, 4) is 11.3 Å². The van der Waals surface area contributed by atoms with E-state index in [2.05, 4.69) is 31.1 Å². The van der Waals surface area contributed by atoms with Gasteiger partial charge in [0, 0.05) is 41.5 Å². The van der Waals surface area contributed by atoms with Crippen LogP contribution in [0, 0.1) is 0 Å². The van der Waals surface area contributed by atoms with E-state index in [4.69, 9.17) is 0 Å². The summed E-state index contributed by atoms with van der Waals surface area (Å²) in [5.74, 6) is -0.381. The first-order valence-corrected chi connectivity index (χ1v) is 11.2. The summed E-state index contributed by atoms with van der Waals surface area (Å²) in [6, 6.07) is 12.0. The monoisotopic (exact) mass is 429 g/mol. The van der Waals surface area contributed by atoms with Gasteiger partial charge in [-0.15, -0.1) is 0 Å². The number of piperidine rings is 1. The summed E-state index contributed by atoms with van der Waals surface area (Å²) in [6.45, 7) is 4.88. The number of benzene rings is 1. The van der Waals surface area contributed by atoms with Gasteiger partial charge in [0.25, 0.3) is 0 Å². The van der Waals surface area contributed by atoms with E-state index in [9.17, 15) is 9.90 Å². The van der Waals surface area contributed by atoms with Crippen LogP contribution in [0.15, 0.2) is 48.8 Å². The van der Waals surface area contributed by atoms with Crippen LogP contribution in [0.5, 0.6) is 0 Å². The number of aromatic carboxylic acids is 1. The van der Waals surface area contributed by atoms with Gasteiger partial charge in [-0.2, -0.15) is 5.10 Å². The number of nitrogens with one attached hydrogen (secondary N) is 2. The highest BCUT2D eigenvalue weighted by Gasteiger charge is 2.23. The van der Waals surface area contributed by atoms with Crippen LogP contribution in [-0.2, 0) is 13.0 Å². The molecule has 4 heterocycles. The lowest BCUT2D eigenvalue weighted by atomic mass is 9.92. The number of nitrogens with zero attached hydrogens (tertiary/aromatic N) is 3. The van der Waals surface area contributed by atoms with Crippen LogP contribution in [-0.4, -0.2) is 49.2 Å². The smallest absolute Gasteiger partial charge is 0.335 e. The summed E-state index contributed by atoms with van der Waals surface area (Å²) < 4.78 is 0. The van der Waals surface area contributed by atoms with Gasteiger partial charge >= 0.3 is 5.97 Å². The predicted octanol–water partition coefficient (Wildman–Crippen LogP) is 4.59. The summed E-state index contributed by atoms with van der Waals surface area (Å²) >= 11 is 0. The van der Waals surface area contributed by atoms with Crippen molar-refractivity contribution in [3.63, 3.8) is 0 Å². The Morgan fingerprint density at radius 2 is 2.03 bits per heavy atom. The molecule has 7 heteroatoms. The van der Waals surface area contributed by atoms with Crippen molar-refractivity contribution in [2.24, 2.45) is 0 Å². The van der Waals surface area contributed by atoms with Gasteiger partial charge in [-0.05, 0) is 67.7 Å². The maximum Gasteiger partial charge on any atom is 0.335 e. The van der Waals surface area contributed by atoms with Gasteiger partial charge in [0.05, 0.1) is 11.3 Å². The number of hydrogen-bond acceptors (Lipinski definition) is 4. The van der Waals surface area contributed by atoms with E-state index in [1.165, 1.54) is 11.3 Å². The standard InChI is InChI=1S/C25H27N5O2/c1-2-17-13-16(3-4-19(17)25(31)32)15-30-11-7-18(8-12-30)22-14-23(29-28-22)20-5-9-26-24-21(20)6-10-27-24/h3-6,9-10,13-14,18H,2,7-8,11-12,15H2,1H3,(H,26,27)(H,28,29)(H,31,32). The molecular weight excluding hydrogens is 402 g/mol. The average molecular weight is 430 g/mol. The fourth-order valence-electron chi connectivity index (χ4n) is 4.77. The molecule has 1 aliphatic heterocycles. The first kappa shape index (κ1) is 20.5. The van der Waals surface area contributed by atoms with Crippen molar-refractivity contribution in [2.75, 3.05) is 13.1 Å². The van der Waals surface area contributed by atoms with E-state index in [1.807, 2.05) is 43.6 Å². The summed E-state index contributed by atoms with van der Waals surface area (Å²) in [7, 11) is 0.